The van der Waals surface area contributed by atoms with Crippen LogP contribution in [0.5, 0.6) is 5.75 Å². The fourth-order valence-corrected chi connectivity index (χ4v) is 2.42. The Morgan fingerprint density at radius 3 is 2.75 bits per heavy atom. The fourth-order valence-electron chi connectivity index (χ4n) is 2.16. The van der Waals surface area contributed by atoms with Crippen molar-refractivity contribution in [2.75, 3.05) is 11.9 Å². The van der Waals surface area contributed by atoms with Gasteiger partial charge in [-0.3, -0.25) is 4.79 Å². The number of benzene rings is 2. The molecule has 6 nitrogen and oxygen atoms in total. The van der Waals surface area contributed by atoms with E-state index in [4.69, 9.17) is 4.74 Å². The maximum atomic E-state index is 12.0. The highest BCUT2D eigenvalue weighted by atomic mass is 79.9. The number of anilines is 1. The van der Waals surface area contributed by atoms with Crippen LogP contribution >= 0.6 is 15.9 Å². The molecule has 7 heteroatoms. The third kappa shape index (κ3) is 3.99. The first kappa shape index (κ1) is 16.2. The molecule has 3 rings (SSSR count). The van der Waals surface area contributed by atoms with Crippen molar-refractivity contribution >= 4 is 27.5 Å². The summed E-state index contributed by atoms with van der Waals surface area (Å²) in [6, 6.07) is 14.7. The molecule has 0 aliphatic carbocycles. The van der Waals surface area contributed by atoms with Crippen molar-refractivity contribution in [1.29, 1.82) is 0 Å². The van der Waals surface area contributed by atoms with Crippen LogP contribution < -0.4 is 10.1 Å². The monoisotopic (exact) mass is 386 g/mol. The Labute approximate surface area is 147 Å². The molecule has 0 aliphatic rings. The molecule has 0 aliphatic heterocycles. The van der Waals surface area contributed by atoms with Crippen LogP contribution in [0.25, 0.3) is 11.4 Å². The minimum atomic E-state index is -0.229. The predicted molar refractivity (Wildman–Crippen MR) is 94.7 cm³/mol. The molecule has 2 aromatic carbocycles. The van der Waals surface area contributed by atoms with Gasteiger partial charge in [0.05, 0.1) is 0 Å². The van der Waals surface area contributed by atoms with E-state index in [1.807, 2.05) is 48.0 Å². The summed E-state index contributed by atoms with van der Waals surface area (Å²) in [4.78, 5) is 12.0. The van der Waals surface area contributed by atoms with Crippen LogP contribution in [0.4, 0.5) is 5.69 Å². The summed E-state index contributed by atoms with van der Waals surface area (Å²) in [5, 5.41) is 10.7. The first-order valence-corrected chi connectivity index (χ1v) is 8.04. The van der Waals surface area contributed by atoms with E-state index in [1.165, 1.54) is 0 Å². The number of amides is 1. The van der Waals surface area contributed by atoms with Gasteiger partial charge in [-0.05, 0) is 36.4 Å². The Morgan fingerprint density at radius 1 is 1.25 bits per heavy atom. The number of carbonyl (C=O) groups is 1. The molecule has 0 atom stereocenters. The van der Waals surface area contributed by atoms with E-state index in [0.717, 1.165) is 15.9 Å². The highest BCUT2D eigenvalue weighted by Gasteiger charge is 2.08. The lowest BCUT2D eigenvalue weighted by Crippen LogP contribution is -2.20. The van der Waals surface area contributed by atoms with Crippen molar-refractivity contribution in [3.63, 3.8) is 0 Å². The molecular formula is C17H15BrN4O2. The summed E-state index contributed by atoms with van der Waals surface area (Å²) in [6.07, 6.45) is 1.63. The second-order valence-electron chi connectivity index (χ2n) is 5.14. The first-order valence-electron chi connectivity index (χ1n) is 7.24. The summed E-state index contributed by atoms with van der Waals surface area (Å²) in [5.41, 5.74) is 1.56. The Kier molecular flexibility index (Phi) is 4.90. The van der Waals surface area contributed by atoms with Crippen molar-refractivity contribution in [2.45, 2.75) is 0 Å². The molecule has 0 saturated carbocycles. The molecule has 0 unspecified atom stereocenters. The van der Waals surface area contributed by atoms with Gasteiger partial charge < -0.3 is 14.6 Å². The van der Waals surface area contributed by atoms with Gasteiger partial charge in [-0.15, -0.1) is 10.2 Å². The van der Waals surface area contributed by atoms with E-state index in [-0.39, 0.29) is 12.5 Å². The zero-order valence-corrected chi connectivity index (χ0v) is 14.5. The predicted octanol–water partition coefficient (Wildman–Crippen LogP) is 3.26. The fraction of sp³-hybridized carbons (Fsp3) is 0.118. The number of aromatic nitrogens is 3. The number of nitrogens with one attached hydrogen (secondary N) is 1. The van der Waals surface area contributed by atoms with Gasteiger partial charge >= 0.3 is 0 Å². The molecular weight excluding hydrogens is 372 g/mol. The Bertz CT molecular complexity index is 846. The van der Waals surface area contributed by atoms with E-state index in [1.54, 1.807) is 18.5 Å². The van der Waals surface area contributed by atoms with Gasteiger partial charge in [0, 0.05) is 22.8 Å². The van der Waals surface area contributed by atoms with Crippen molar-refractivity contribution in [1.82, 2.24) is 14.8 Å². The molecule has 24 heavy (non-hydrogen) atoms. The topological polar surface area (TPSA) is 69.0 Å². The Hall–Kier alpha value is -2.67. The number of aryl methyl sites for hydroxylation is 1. The van der Waals surface area contributed by atoms with E-state index in [9.17, 15) is 4.79 Å². The van der Waals surface area contributed by atoms with Crippen LogP contribution in [-0.2, 0) is 11.8 Å². The molecule has 1 aromatic heterocycles. The standard InChI is InChI=1S/C17H15BrN4O2/c1-22-11-19-21-17(22)12-3-2-4-14(9-12)20-16(23)10-24-15-7-5-13(18)6-8-15/h2-9,11H,10H2,1H3,(H,20,23). The van der Waals surface area contributed by atoms with Crippen molar-refractivity contribution in [3.05, 3.63) is 59.3 Å². The number of ether oxygens (including phenoxy) is 1. The summed E-state index contributed by atoms with van der Waals surface area (Å²) in [6.45, 7) is -0.0597. The van der Waals surface area contributed by atoms with Crippen LogP contribution in [0.2, 0.25) is 0 Å². The Balaban J connectivity index is 1.62. The smallest absolute Gasteiger partial charge is 0.262 e. The van der Waals surface area contributed by atoms with Crippen LogP contribution in [0.3, 0.4) is 0 Å². The number of halogens is 1. The normalized spacial score (nSPS) is 10.4. The van der Waals surface area contributed by atoms with Gasteiger partial charge in [-0.25, -0.2) is 0 Å². The van der Waals surface area contributed by atoms with Crippen molar-refractivity contribution in [2.24, 2.45) is 7.05 Å². The number of nitrogens with zero attached hydrogens (tertiary/aromatic N) is 3. The second kappa shape index (κ2) is 7.27. The maximum absolute atomic E-state index is 12.0. The van der Waals surface area contributed by atoms with Gasteiger partial charge in [0.2, 0.25) is 0 Å². The number of hydrogen-bond acceptors (Lipinski definition) is 4. The molecule has 1 N–H and O–H groups in total. The van der Waals surface area contributed by atoms with Crippen LogP contribution in [-0.4, -0.2) is 27.3 Å². The zero-order valence-electron chi connectivity index (χ0n) is 12.9. The second-order valence-corrected chi connectivity index (χ2v) is 6.05. The summed E-state index contributed by atoms with van der Waals surface area (Å²) in [7, 11) is 1.87. The van der Waals surface area contributed by atoms with Crippen LogP contribution in [0.15, 0.2) is 59.3 Å². The molecule has 122 valence electrons. The molecule has 0 spiro atoms. The Morgan fingerprint density at radius 2 is 2.04 bits per heavy atom. The minimum Gasteiger partial charge on any atom is -0.484 e. The summed E-state index contributed by atoms with van der Waals surface area (Å²) >= 11 is 3.35. The van der Waals surface area contributed by atoms with Crippen LogP contribution in [0.1, 0.15) is 0 Å². The van der Waals surface area contributed by atoms with Gasteiger partial charge in [-0.1, -0.05) is 28.1 Å². The summed E-state index contributed by atoms with van der Waals surface area (Å²) < 4.78 is 8.23. The quantitative estimate of drug-likeness (QED) is 0.730. The molecule has 3 aromatic rings. The maximum Gasteiger partial charge on any atom is 0.262 e. The van der Waals surface area contributed by atoms with E-state index >= 15 is 0 Å². The van der Waals surface area contributed by atoms with E-state index in [0.29, 0.717) is 11.4 Å². The average molecular weight is 387 g/mol. The largest absolute Gasteiger partial charge is 0.484 e. The average Bonchev–Trinajstić information content (AvgIpc) is 3.01. The third-order valence-corrected chi connectivity index (χ3v) is 3.83. The molecule has 1 amide bonds. The first-order chi connectivity index (χ1) is 11.6. The lowest BCUT2D eigenvalue weighted by Gasteiger charge is -2.09. The van der Waals surface area contributed by atoms with Gasteiger partial charge in [0.25, 0.3) is 5.91 Å². The molecule has 0 saturated heterocycles. The van der Waals surface area contributed by atoms with Gasteiger partial charge in [-0.2, -0.15) is 0 Å². The van der Waals surface area contributed by atoms with Gasteiger partial charge in [0.1, 0.15) is 12.1 Å². The third-order valence-electron chi connectivity index (χ3n) is 3.30. The van der Waals surface area contributed by atoms with Crippen molar-refractivity contribution < 1.29 is 9.53 Å². The summed E-state index contributed by atoms with van der Waals surface area (Å²) in [5.74, 6) is 1.14. The van der Waals surface area contributed by atoms with Crippen molar-refractivity contribution in [3.8, 4) is 17.1 Å². The highest BCUT2D eigenvalue weighted by Crippen LogP contribution is 2.20. The molecule has 0 bridgehead atoms. The van der Waals surface area contributed by atoms with Crippen LogP contribution in [0, 0.1) is 0 Å². The molecule has 1 heterocycles. The number of carbonyl (C=O) groups excluding carboxylic acids is 1. The number of hydrogen-bond donors (Lipinski definition) is 1. The lowest BCUT2D eigenvalue weighted by molar-refractivity contribution is -0.118. The number of rotatable bonds is 5. The van der Waals surface area contributed by atoms with E-state index in [2.05, 4.69) is 31.4 Å². The van der Waals surface area contributed by atoms with Gasteiger partial charge in [0.15, 0.2) is 12.4 Å². The molecule has 0 radical (unpaired) electrons. The SMILES string of the molecule is Cn1cnnc1-c1cccc(NC(=O)COc2ccc(Br)cc2)c1. The highest BCUT2D eigenvalue weighted by molar-refractivity contribution is 9.10. The molecule has 0 fully saturated rings. The minimum absolute atomic E-state index is 0.0597. The lowest BCUT2D eigenvalue weighted by atomic mass is 10.2. The zero-order chi connectivity index (χ0) is 16.9. The van der Waals surface area contributed by atoms with E-state index < -0.39 is 0 Å².